The Bertz CT molecular complexity index is 324. The molecule has 0 spiro atoms. The summed E-state index contributed by atoms with van der Waals surface area (Å²) in [6, 6.07) is 0. The first-order chi connectivity index (χ1) is 6.56. The van der Waals surface area contributed by atoms with Gasteiger partial charge in [-0.1, -0.05) is 11.6 Å². The predicted octanol–water partition coefficient (Wildman–Crippen LogP) is 0.170. The summed E-state index contributed by atoms with van der Waals surface area (Å²) in [5.74, 6) is 0. The lowest BCUT2D eigenvalue weighted by Crippen LogP contribution is -2.22. The van der Waals surface area contributed by atoms with Crippen LogP contribution in [0.2, 0.25) is 10.4 Å². The maximum Gasteiger partial charge on any atom is 0.223 e. The van der Waals surface area contributed by atoms with Crippen LogP contribution in [0.4, 0.5) is 0 Å². The van der Waals surface area contributed by atoms with E-state index in [1.165, 1.54) is 6.20 Å². The lowest BCUT2D eigenvalue weighted by Gasteiger charge is -2.15. The first-order valence-corrected chi connectivity index (χ1v) is 4.46. The largest absolute Gasteiger partial charge is 0.394 e. The number of aliphatic hydroxyl groups is 3. The predicted molar refractivity (Wildman–Crippen MR) is 50.1 cm³/mol. The Morgan fingerprint density at radius 1 is 1.36 bits per heavy atom. The van der Waals surface area contributed by atoms with Crippen LogP contribution in [0, 0.1) is 0 Å². The Morgan fingerprint density at radius 2 is 2.00 bits per heavy atom. The van der Waals surface area contributed by atoms with E-state index in [-0.39, 0.29) is 16.0 Å². The number of nitrogens with zero attached hydrogens (tertiary/aromatic N) is 2. The van der Waals surface area contributed by atoms with Gasteiger partial charge < -0.3 is 15.3 Å². The van der Waals surface area contributed by atoms with Crippen LogP contribution in [-0.4, -0.2) is 38.0 Å². The zero-order valence-electron chi connectivity index (χ0n) is 6.93. The van der Waals surface area contributed by atoms with Gasteiger partial charge in [0.25, 0.3) is 0 Å². The second kappa shape index (κ2) is 4.86. The fourth-order valence-corrected chi connectivity index (χ4v) is 1.27. The minimum absolute atomic E-state index is 0.0509. The fraction of sp³-hybridized carbons (Fsp3) is 0.429. The van der Waals surface area contributed by atoms with Crippen molar-refractivity contribution in [3.63, 3.8) is 0 Å². The van der Waals surface area contributed by atoms with Gasteiger partial charge in [-0.25, -0.2) is 9.97 Å². The van der Waals surface area contributed by atoms with Crippen LogP contribution in [0.1, 0.15) is 11.7 Å². The van der Waals surface area contributed by atoms with Crippen LogP contribution in [0.15, 0.2) is 6.20 Å². The highest BCUT2D eigenvalue weighted by molar-refractivity contribution is 6.32. The molecule has 0 aliphatic rings. The molecule has 14 heavy (non-hydrogen) atoms. The lowest BCUT2D eigenvalue weighted by molar-refractivity contribution is -0.0155. The summed E-state index contributed by atoms with van der Waals surface area (Å²) in [5.41, 5.74) is 0.123. The van der Waals surface area contributed by atoms with E-state index in [2.05, 4.69) is 9.97 Å². The SMILES string of the molecule is OCC(O)C(O)c1cnc(Cl)nc1Cl. The maximum atomic E-state index is 9.44. The molecule has 0 fully saturated rings. The normalized spacial score (nSPS) is 15.2. The molecule has 2 unspecified atom stereocenters. The Kier molecular flexibility index (Phi) is 4.03. The summed E-state index contributed by atoms with van der Waals surface area (Å²) >= 11 is 11.1. The van der Waals surface area contributed by atoms with Crippen molar-refractivity contribution in [1.29, 1.82) is 0 Å². The summed E-state index contributed by atoms with van der Waals surface area (Å²) in [4.78, 5) is 7.17. The molecule has 0 radical (unpaired) electrons. The second-order valence-corrected chi connectivity index (χ2v) is 3.28. The topological polar surface area (TPSA) is 86.5 Å². The van der Waals surface area contributed by atoms with E-state index in [9.17, 15) is 5.11 Å². The van der Waals surface area contributed by atoms with E-state index in [0.717, 1.165) is 0 Å². The highest BCUT2D eigenvalue weighted by Gasteiger charge is 2.21. The minimum Gasteiger partial charge on any atom is -0.394 e. The average molecular weight is 239 g/mol. The first-order valence-electron chi connectivity index (χ1n) is 3.71. The van der Waals surface area contributed by atoms with Gasteiger partial charge in [-0.3, -0.25) is 0 Å². The number of halogens is 2. The molecule has 0 aromatic carbocycles. The number of hydrogen-bond acceptors (Lipinski definition) is 5. The van der Waals surface area contributed by atoms with Crippen LogP contribution in [0.25, 0.3) is 0 Å². The smallest absolute Gasteiger partial charge is 0.223 e. The molecule has 5 nitrogen and oxygen atoms in total. The van der Waals surface area contributed by atoms with Gasteiger partial charge >= 0.3 is 0 Å². The first kappa shape index (κ1) is 11.6. The molecule has 3 N–H and O–H groups in total. The summed E-state index contributed by atoms with van der Waals surface area (Å²) < 4.78 is 0. The van der Waals surface area contributed by atoms with Crippen LogP contribution in [0.3, 0.4) is 0 Å². The Morgan fingerprint density at radius 3 is 2.50 bits per heavy atom. The standard InChI is InChI=1S/C7H8Cl2N2O3/c8-6-3(1-10-7(9)11-6)5(14)4(13)2-12/h1,4-5,12-14H,2H2. The molecule has 2 atom stereocenters. The zero-order valence-corrected chi connectivity index (χ0v) is 8.44. The van der Waals surface area contributed by atoms with Gasteiger partial charge in [-0.15, -0.1) is 0 Å². The molecule has 1 heterocycles. The van der Waals surface area contributed by atoms with Crippen molar-refractivity contribution in [2.45, 2.75) is 12.2 Å². The Labute approximate surface area is 90.0 Å². The summed E-state index contributed by atoms with van der Waals surface area (Å²) in [6.07, 6.45) is -1.46. The van der Waals surface area contributed by atoms with Gasteiger partial charge in [0, 0.05) is 11.8 Å². The number of hydrogen-bond donors (Lipinski definition) is 3. The monoisotopic (exact) mass is 238 g/mol. The van der Waals surface area contributed by atoms with Gasteiger partial charge in [-0.05, 0) is 11.6 Å². The van der Waals surface area contributed by atoms with Gasteiger partial charge in [0.05, 0.1) is 6.61 Å². The van der Waals surface area contributed by atoms with E-state index < -0.39 is 18.8 Å². The molecule has 7 heteroatoms. The van der Waals surface area contributed by atoms with Crippen molar-refractivity contribution < 1.29 is 15.3 Å². The van der Waals surface area contributed by atoms with Crippen molar-refractivity contribution >= 4 is 23.2 Å². The Hall–Kier alpha value is -0.460. The van der Waals surface area contributed by atoms with Gasteiger partial charge in [0.2, 0.25) is 5.28 Å². The van der Waals surface area contributed by atoms with Crippen molar-refractivity contribution in [1.82, 2.24) is 9.97 Å². The van der Waals surface area contributed by atoms with Gasteiger partial charge in [-0.2, -0.15) is 0 Å². The molecular weight excluding hydrogens is 231 g/mol. The van der Waals surface area contributed by atoms with Crippen molar-refractivity contribution in [3.8, 4) is 0 Å². The number of aromatic nitrogens is 2. The number of rotatable bonds is 3. The molecule has 1 rings (SSSR count). The molecule has 1 aromatic rings. The third kappa shape index (κ3) is 2.52. The second-order valence-electron chi connectivity index (χ2n) is 2.58. The maximum absolute atomic E-state index is 9.44. The van der Waals surface area contributed by atoms with Gasteiger partial charge in [0.1, 0.15) is 17.4 Å². The average Bonchev–Trinajstić information content (AvgIpc) is 2.15. The summed E-state index contributed by atoms with van der Waals surface area (Å²) in [7, 11) is 0. The highest BCUT2D eigenvalue weighted by atomic mass is 35.5. The van der Waals surface area contributed by atoms with Crippen molar-refractivity contribution in [2.75, 3.05) is 6.61 Å². The summed E-state index contributed by atoms with van der Waals surface area (Å²) in [6.45, 7) is -0.583. The molecule has 0 aliphatic carbocycles. The van der Waals surface area contributed by atoms with Crippen LogP contribution < -0.4 is 0 Å². The summed E-state index contributed by atoms with van der Waals surface area (Å²) in [5, 5.41) is 27.1. The van der Waals surface area contributed by atoms with Crippen molar-refractivity contribution in [3.05, 3.63) is 22.2 Å². The zero-order chi connectivity index (χ0) is 10.7. The van der Waals surface area contributed by atoms with Crippen molar-refractivity contribution in [2.24, 2.45) is 0 Å². The molecule has 0 amide bonds. The van der Waals surface area contributed by atoms with E-state index >= 15 is 0 Å². The lowest BCUT2D eigenvalue weighted by atomic mass is 10.1. The third-order valence-corrected chi connectivity index (χ3v) is 2.09. The van der Waals surface area contributed by atoms with E-state index in [1.54, 1.807) is 0 Å². The van der Waals surface area contributed by atoms with Gasteiger partial charge in [0.15, 0.2) is 0 Å². The molecule has 0 saturated heterocycles. The van der Waals surface area contributed by atoms with E-state index in [4.69, 9.17) is 33.4 Å². The van der Waals surface area contributed by atoms with Crippen LogP contribution in [0.5, 0.6) is 0 Å². The van der Waals surface area contributed by atoms with Crippen LogP contribution >= 0.6 is 23.2 Å². The molecule has 78 valence electrons. The highest BCUT2D eigenvalue weighted by Crippen LogP contribution is 2.23. The molecule has 0 bridgehead atoms. The molecular formula is C7H8Cl2N2O3. The molecule has 0 aliphatic heterocycles. The minimum atomic E-state index is -1.33. The quantitative estimate of drug-likeness (QED) is 0.517. The fourth-order valence-electron chi connectivity index (χ4n) is 0.856. The van der Waals surface area contributed by atoms with Crippen LogP contribution in [-0.2, 0) is 0 Å². The van der Waals surface area contributed by atoms with E-state index in [1.807, 2.05) is 0 Å². The Balaban J connectivity index is 2.95. The third-order valence-electron chi connectivity index (χ3n) is 1.61. The molecule has 0 saturated carbocycles. The number of aliphatic hydroxyl groups excluding tert-OH is 3. The molecule has 1 aromatic heterocycles. The van der Waals surface area contributed by atoms with E-state index in [0.29, 0.717) is 0 Å².